The molecule has 2 aromatic rings. The van der Waals surface area contributed by atoms with Gasteiger partial charge in [0.1, 0.15) is 22.8 Å². The van der Waals surface area contributed by atoms with E-state index >= 15 is 0 Å². The van der Waals surface area contributed by atoms with Crippen LogP contribution in [0.25, 0.3) is 0 Å². The topological polar surface area (TPSA) is 88.8 Å². The Balaban J connectivity index is 1.64. The molecule has 1 aliphatic rings. The number of amides is 1. The molecular formula is C18H19NO5. The Bertz CT molecular complexity index is 761. The summed E-state index contributed by atoms with van der Waals surface area (Å²) in [5.41, 5.74) is 0.562. The van der Waals surface area contributed by atoms with Gasteiger partial charge in [-0.05, 0) is 43.9 Å². The SMILES string of the molecule is Cc1oc(CNC(=O)c2ccccc2OCC2CC2)cc1C(=O)O. The summed E-state index contributed by atoms with van der Waals surface area (Å²) in [6.45, 7) is 2.32. The molecule has 1 aromatic heterocycles. The zero-order valence-electron chi connectivity index (χ0n) is 13.4. The van der Waals surface area contributed by atoms with Crippen LogP contribution in [0.15, 0.2) is 34.7 Å². The van der Waals surface area contributed by atoms with Crippen molar-refractivity contribution in [2.75, 3.05) is 6.61 Å². The van der Waals surface area contributed by atoms with Gasteiger partial charge in [-0.1, -0.05) is 12.1 Å². The minimum atomic E-state index is -1.05. The Morgan fingerprint density at radius 2 is 2.04 bits per heavy atom. The summed E-state index contributed by atoms with van der Waals surface area (Å²) in [6, 6.07) is 8.50. The number of ether oxygens (including phenoxy) is 1. The molecule has 0 bridgehead atoms. The number of furan rings is 1. The zero-order chi connectivity index (χ0) is 17.1. The van der Waals surface area contributed by atoms with Gasteiger partial charge in [0.05, 0.1) is 18.7 Å². The second-order valence-corrected chi connectivity index (χ2v) is 5.92. The van der Waals surface area contributed by atoms with Crippen molar-refractivity contribution in [3.05, 3.63) is 53.0 Å². The van der Waals surface area contributed by atoms with Crippen LogP contribution in [0.4, 0.5) is 0 Å². The number of hydrogen-bond acceptors (Lipinski definition) is 4. The Morgan fingerprint density at radius 3 is 2.71 bits per heavy atom. The lowest BCUT2D eigenvalue weighted by molar-refractivity contribution is 0.0694. The van der Waals surface area contributed by atoms with Gasteiger partial charge >= 0.3 is 5.97 Å². The molecule has 1 amide bonds. The summed E-state index contributed by atoms with van der Waals surface area (Å²) < 4.78 is 11.1. The number of carbonyl (C=O) groups is 2. The number of carbonyl (C=O) groups excluding carboxylic acids is 1. The highest BCUT2D eigenvalue weighted by Crippen LogP contribution is 2.30. The number of aromatic carboxylic acids is 1. The molecule has 0 saturated heterocycles. The minimum Gasteiger partial charge on any atom is -0.492 e. The first-order valence-corrected chi connectivity index (χ1v) is 7.87. The summed E-state index contributed by atoms with van der Waals surface area (Å²) >= 11 is 0. The fourth-order valence-electron chi connectivity index (χ4n) is 2.38. The molecule has 24 heavy (non-hydrogen) atoms. The van der Waals surface area contributed by atoms with E-state index in [1.807, 2.05) is 6.07 Å². The van der Waals surface area contributed by atoms with Gasteiger partial charge in [0.15, 0.2) is 0 Å². The molecule has 2 N–H and O–H groups in total. The average molecular weight is 329 g/mol. The van der Waals surface area contributed by atoms with Crippen LogP contribution in [0.5, 0.6) is 5.75 Å². The van der Waals surface area contributed by atoms with Crippen LogP contribution in [0.3, 0.4) is 0 Å². The largest absolute Gasteiger partial charge is 0.492 e. The normalized spacial score (nSPS) is 13.5. The van der Waals surface area contributed by atoms with Gasteiger partial charge in [-0.2, -0.15) is 0 Å². The van der Waals surface area contributed by atoms with Crippen molar-refractivity contribution in [3.8, 4) is 5.75 Å². The minimum absolute atomic E-state index is 0.104. The predicted molar refractivity (Wildman–Crippen MR) is 86.2 cm³/mol. The summed E-state index contributed by atoms with van der Waals surface area (Å²) in [4.78, 5) is 23.4. The fraction of sp³-hybridized carbons (Fsp3) is 0.333. The van der Waals surface area contributed by atoms with Crippen molar-refractivity contribution in [3.63, 3.8) is 0 Å². The molecule has 0 radical (unpaired) electrons. The molecule has 0 aliphatic heterocycles. The number of carboxylic acid groups (broad SMARTS) is 1. The van der Waals surface area contributed by atoms with Crippen LogP contribution < -0.4 is 10.1 Å². The lowest BCUT2D eigenvalue weighted by Crippen LogP contribution is -2.23. The Kier molecular flexibility index (Phi) is 4.55. The number of nitrogens with one attached hydrogen (secondary N) is 1. The van der Waals surface area contributed by atoms with E-state index in [4.69, 9.17) is 14.3 Å². The third-order valence-corrected chi connectivity index (χ3v) is 3.93. The molecule has 3 rings (SSSR count). The molecule has 6 nitrogen and oxygen atoms in total. The molecule has 6 heteroatoms. The molecule has 1 aliphatic carbocycles. The summed E-state index contributed by atoms with van der Waals surface area (Å²) in [5.74, 6) is 0.542. The van der Waals surface area contributed by atoms with Crippen LogP contribution in [-0.4, -0.2) is 23.6 Å². The molecule has 126 valence electrons. The standard InChI is InChI=1S/C18H19NO5/c1-11-15(18(21)22)8-13(24-11)9-19-17(20)14-4-2-3-5-16(14)23-10-12-6-7-12/h2-5,8,12H,6-7,9-10H2,1H3,(H,19,20)(H,21,22). The second-order valence-electron chi connectivity index (χ2n) is 5.92. The van der Waals surface area contributed by atoms with E-state index < -0.39 is 5.97 Å². The number of para-hydroxylation sites is 1. The van der Waals surface area contributed by atoms with Gasteiger partial charge in [0, 0.05) is 0 Å². The molecule has 0 unspecified atom stereocenters. The molecule has 1 aromatic carbocycles. The van der Waals surface area contributed by atoms with E-state index in [0.717, 1.165) is 0 Å². The first-order valence-electron chi connectivity index (χ1n) is 7.87. The summed E-state index contributed by atoms with van der Waals surface area (Å²) in [5, 5.41) is 11.7. The summed E-state index contributed by atoms with van der Waals surface area (Å²) in [6.07, 6.45) is 2.36. The lowest BCUT2D eigenvalue weighted by atomic mass is 10.2. The van der Waals surface area contributed by atoms with Gasteiger partial charge in [0.25, 0.3) is 5.91 Å². The van der Waals surface area contributed by atoms with Crippen LogP contribution >= 0.6 is 0 Å². The van der Waals surface area contributed by atoms with Crippen LogP contribution in [0.1, 0.15) is 45.1 Å². The van der Waals surface area contributed by atoms with E-state index in [9.17, 15) is 9.59 Å². The highest BCUT2D eigenvalue weighted by molar-refractivity contribution is 5.96. The van der Waals surface area contributed by atoms with Crippen LogP contribution in [0.2, 0.25) is 0 Å². The second kappa shape index (κ2) is 6.78. The van der Waals surface area contributed by atoms with Crippen molar-refractivity contribution < 1.29 is 23.8 Å². The molecule has 1 saturated carbocycles. The number of carboxylic acids is 1. The van der Waals surface area contributed by atoms with E-state index in [1.54, 1.807) is 25.1 Å². The van der Waals surface area contributed by atoms with Crippen molar-refractivity contribution in [1.29, 1.82) is 0 Å². The fourth-order valence-corrected chi connectivity index (χ4v) is 2.38. The number of benzene rings is 1. The third-order valence-electron chi connectivity index (χ3n) is 3.93. The van der Waals surface area contributed by atoms with E-state index in [-0.39, 0.29) is 18.0 Å². The van der Waals surface area contributed by atoms with Gasteiger partial charge < -0.3 is 19.6 Å². The van der Waals surface area contributed by atoms with Crippen molar-refractivity contribution in [2.24, 2.45) is 5.92 Å². The van der Waals surface area contributed by atoms with E-state index in [0.29, 0.717) is 35.4 Å². The zero-order valence-corrected chi connectivity index (χ0v) is 13.4. The Hall–Kier alpha value is -2.76. The predicted octanol–water partition coefficient (Wildman–Crippen LogP) is 3.01. The third kappa shape index (κ3) is 3.76. The Morgan fingerprint density at radius 1 is 1.29 bits per heavy atom. The molecule has 0 atom stereocenters. The van der Waals surface area contributed by atoms with Gasteiger partial charge in [-0.15, -0.1) is 0 Å². The quantitative estimate of drug-likeness (QED) is 0.815. The molecular weight excluding hydrogens is 310 g/mol. The van der Waals surface area contributed by atoms with Gasteiger partial charge in [-0.3, -0.25) is 4.79 Å². The lowest BCUT2D eigenvalue weighted by Gasteiger charge is -2.10. The average Bonchev–Trinajstić information content (AvgIpc) is 3.32. The van der Waals surface area contributed by atoms with E-state index in [1.165, 1.54) is 18.9 Å². The number of aryl methyl sites for hydroxylation is 1. The number of rotatable bonds is 7. The number of hydrogen-bond donors (Lipinski definition) is 2. The molecule has 1 fully saturated rings. The monoisotopic (exact) mass is 329 g/mol. The van der Waals surface area contributed by atoms with Gasteiger partial charge in [0.2, 0.25) is 0 Å². The van der Waals surface area contributed by atoms with Crippen molar-refractivity contribution in [2.45, 2.75) is 26.3 Å². The van der Waals surface area contributed by atoms with Gasteiger partial charge in [-0.25, -0.2) is 4.79 Å². The Labute approximate surface area is 139 Å². The highest BCUT2D eigenvalue weighted by Gasteiger charge is 2.23. The first kappa shape index (κ1) is 16.1. The van der Waals surface area contributed by atoms with Crippen molar-refractivity contribution >= 4 is 11.9 Å². The van der Waals surface area contributed by atoms with E-state index in [2.05, 4.69) is 5.32 Å². The maximum Gasteiger partial charge on any atom is 0.339 e. The molecule has 1 heterocycles. The van der Waals surface area contributed by atoms with Crippen LogP contribution in [0, 0.1) is 12.8 Å². The first-order chi connectivity index (χ1) is 11.5. The maximum absolute atomic E-state index is 12.4. The summed E-state index contributed by atoms with van der Waals surface area (Å²) in [7, 11) is 0. The molecule has 0 spiro atoms. The maximum atomic E-state index is 12.4. The highest BCUT2D eigenvalue weighted by atomic mass is 16.5. The van der Waals surface area contributed by atoms with Crippen LogP contribution in [-0.2, 0) is 6.54 Å². The van der Waals surface area contributed by atoms with Crippen molar-refractivity contribution in [1.82, 2.24) is 5.32 Å². The smallest absolute Gasteiger partial charge is 0.339 e.